The third kappa shape index (κ3) is 6.34. The second kappa shape index (κ2) is 8.87. The Morgan fingerprint density at radius 1 is 1.15 bits per heavy atom. The van der Waals surface area contributed by atoms with Crippen LogP contribution in [0.5, 0.6) is 0 Å². The first kappa shape index (κ1) is 21.4. The van der Waals surface area contributed by atoms with Crippen molar-refractivity contribution in [3.63, 3.8) is 0 Å². The number of hydrogen-bond donors (Lipinski definition) is 0. The van der Waals surface area contributed by atoms with Crippen LogP contribution in [-0.4, -0.2) is 59.9 Å². The summed E-state index contributed by atoms with van der Waals surface area (Å²) in [6, 6.07) is 7.26. The maximum absolute atomic E-state index is 12.6. The van der Waals surface area contributed by atoms with E-state index < -0.39 is 11.6 Å². The van der Waals surface area contributed by atoms with E-state index in [2.05, 4.69) is 15.9 Å². The Labute approximate surface area is 169 Å². The van der Waals surface area contributed by atoms with E-state index in [0.29, 0.717) is 31.5 Å². The molecule has 1 aromatic rings. The number of hydrogen-bond acceptors (Lipinski definition) is 4. The number of likely N-dealkylation sites (tertiary alicyclic amines) is 1. The highest BCUT2D eigenvalue weighted by Gasteiger charge is 2.30. The molecular weight excluding hydrogens is 412 g/mol. The molecule has 0 saturated carbocycles. The summed E-state index contributed by atoms with van der Waals surface area (Å²) in [5.41, 5.74) is 0.0738. The number of rotatable bonds is 4. The lowest BCUT2D eigenvalue weighted by molar-refractivity contribution is -0.159. The molecule has 0 spiro atoms. The van der Waals surface area contributed by atoms with Crippen LogP contribution in [0, 0.1) is 5.92 Å². The lowest BCUT2D eigenvalue weighted by Crippen LogP contribution is -2.45. The zero-order chi connectivity index (χ0) is 20.2. The van der Waals surface area contributed by atoms with Crippen molar-refractivity contribution in [2.45, 2.75) is 39.2 Å². The van der Waals surface area contributed by atoms with E-state index in [-0.39, 0.29) is 24.3 Å². The molecule has 2 rings (SSSR count). The molecule has 27 heavy (non-hydrogen) atoms. The predicted octanol–water partition coefficient (Wildman–Crippen LogP) is 3.10. The summed E-state index contributed by atoms with van der Waals surface area (Å²) in [4.78, 5) is 40.3. The maximum atomic E-state index is 12.6. The highest BCUT2D eigenvalue weighted by atomic mass is 79.9. The summed E-state index contributed by atoms with van der Waals surface area (Å²) in [5.74, 6) is -0.681. The monoisotopic (exact) mass is 438 g/mol. The molecule has 7 heteroatoms. The number of likely N-dealkylation sites (N-methyl/N-ethyl adjacent to an activating group) is 1. The van der Waals surface area contributed by atoms with Crippen LogP contribution < -0.4 is 0 Å². The van der Waals surface area contributed by atoms with Crippen LogP contribution in [0.25, 0.3) is 0 Å². The van der Waals surface area contributed by atoms with Crippen molar-refractivity contribution < 1.29 is 19.1 Å². The molecule has 0 N–H and O–H groups in total. The van der Waals surface area contributed by atoms with Crippen molar-refractivity contribution in [1.29, 1.82) is 0 Å². The molecule has 0 bridgehead atoms. The maximum Gasteiger partial charge on any atom is 0.326 e. The van der Waals surface area contributed by atoms with E-state index in [1.807, 2.05) is 12.1 Å². The molecule has 0 radical (unpaired) electrons. The van der Waals surface area contributed by atoms with Gasteiger partial charge in [0.05, 0.1) is 0 Å². The molecule has 0 atom stereocenters. The summed E-state index contributed by atoms with van der Waals surface area (Å²) in [6.07, 6.45) is 1.19. The Morgan fingerprint density at radius 2 is 1.70 bits per heavy atom. The van der Waals surface area contributed by atoms with Crippen molar-refractivity contribution in [2.24, 2.45) is 5.92 Å². The van der Waals surface area contributed by atoms with E-state index >= 15 is 0 Å². The number of carbonyl (C=O) groups excluding carboxylic acids is 3. The number of halogens is 1. The molecule has 1 fully saturated rings. The molecule has 1 saturated heterocycles. The molecule has 6 nitrogen and oxygen atoms in total. The van der Waals surface area contributed by atoms with Crippen LogP contribution in [0.2, 0.25) is 0 Å². The fourth-order valence-electron chi connectivity index (χ4n) is 3.06. The van der Waals surface area contributed by atoms with Crippen molar-refractivity contribution in [3.8, 4) is 0 Å². The second-order valence-electron chi connectivity index (χ2n) is 7.85. The number of esters is 1. The van der Waals surface area contributed by atoms with E-state index in [0.717, 1.165) is 4.47 Å². The zero-order valence-electron chi connectivity index (χ0n) is 16.3. The highest BCUT2D eigenvalue weighted by Crippen LogP contribution is 2.22. The third-order valence-electron chi connectivity index (χ3n) is 4.39. The number of piperidine rings is 1. The van der Waals surface area contributed by atoms with Crippen LogP contribution in [0.4, 0.5) is 0 Å². The van der Waals surface area contributed by atoms with Gasteiger partial charge in [-0.15, -0.1) is 0 Å². The van der Waals surface area contributed by atoms with Gasteiger partial charge in [-0.2, -0.15) is 0 Å². The minimum Gasteiger partial charge on any atom is -0.459 e. The van der Waals surface area contributed by atoms with Crippen LogP contribution in [0.1, 0.15) is 44.0 Å². The van der Waals surface area contributed by atoms with Gasteiger partial charge in [0.25, 0.3) is 5.91 Å². The molecule has 1 aliphatic heterocycles. The third-order valence-corrected chi connectivity index (χ3v) is 4.91. The molecule has 1 aromatic carbocycles. The molecular formula is C20H27BrN2O4. The summed E-state index contributed by atoms with van der Waals surface area (Å²) in [6.45, 7) is 6.39. The zero-order valence-corrected chi connectivity index (χ0v) is 17.9. The lowest BCUT2D eigenvalue weighted by Gasteiger charge is -2.33. The Hall–Kier alpha value is -1.89. The summed E-state index contributed by atoms with van der Waals surface area (Å²) in [7, 11) is 1.62. The molecule has 0 aromatic heterocycles. The van der Waals surface area contributed by atoms with Gasteiger partial charge in [0.1, 0.15) is 12.1 Å². The fourth-order valence-corrected chi connectivity index (χ4v) is 3.33. The average molecular weight is 439 g/mol. The van der Waals surface area contributed by atoms with Crippen LogP contribution in [0.3, 0.4) is 0 Å². The van der Waals surface area contributed by atoms with Crippen molar-refractivity contribution in [1.82, 2.24) is 9.80 Å². The van der Waals surface area contributed by atoms with Gasteiger partial charge in [0.15, 0.2) is 0 Å². The Morgan fingerprint density at radius 3 is 2.22 bits per heavy atom. The smallest absolute Gasteiger partial charge is 0.326 e. The van der Waals surface area contributed by atoms with Gasteiger partial charge in [-0.3, -0.25) is 14.4 Å². The van der Waals surface area contributed by atoms with E-state index in [9.17, 15) is 14.4 Å². The van der Waals surface area contributed by atoms with Crippen molar-refractivity contribution in [2.75, 3.05) is 26.7 Å². The van der Waals surface area contributed by atoms with E-state index in [1.165, 1.54) is 4.90 Å². The predicted molar refractivity (Wildman–Crippen MR) is 106 cm³/mol. The Bertz CT molecular complexity index is 689. The molecule has 148 valence electrons. The van der Waals surface area contributed by atoms with Gasteiger partial charge in [0, 0.05) is 36.1 Å². The van der Waals surface area contributed by atoms with Gasteiger partial charge in [-0.25, -0.2) is 0 Å². The normalized spacial score (nSPS) is 15.4. The van der Waals surface area contributed by atoms with Gasteiger partial charge in [-0.1, -0.05) is 15.9 Å². The number of ether oxygens (including phenoxy) is 1. The van der Waals surface area contributed by atoms with Crippen molar-refractivity contribution >= 4 is 33.7 Å². The largest absolute Gasteiger partial charge is 0.459 e. The van der Waals surface area contributed by atoms with Gasteiger partial charge in [0.2, 0.25) is 5.91 Å². The summed E-state index contributed by atoms with van der Waals surface area (Å²) in [5, 5.41) is 0. The summed E-state index contributed by atoms with van der Waals surface area (Å²) < 4.78 is 6.19. The Kier molecular flexibility index (Phi) is 7.03. The number of amides is 2. The first-order chi connectivity index (χ1) is 12.6. The molecule has 1 aliphatic rings. The van der Waals surface area contributed by atoms with Gasteiger partial charge in [-0.05, 0) is 57.9 Å². The van der Waals surface area contributed by atoms with E-state index in [4.69, 9.17) is 4.74 Å². The van der Waals surface area contributed by atoms with E-state index in [1.54, 1.807) is 44.9 Å². The number of benzene rings is 1. The first-order valence-corrected chi connectivity index (χ1v) is 9.88. The number of nitrogens with zero attached hydrogens (tertiary/aromatic N) is 2. The minimum atomic E-state index is -0.570. The van der Waals surface area contributed by atoms with Crippen LogP contribution in [-0.2, 0) is 14.3 Å². The highest BCUT2D eigenvalue weighted by molar-refractivity contribution is 9.10. The van der Waals surface area contributed by atoms with Crippen LogP contribution >= 0.6 is 15.9 Å². The quantitative estimate of drug-likeness (QED) is 0.677. The van der Waals surface area contributed by atoms with Crippen molar-refractivity contribution in [3.05, 3.63) is 34.3 Å². The molecule has 0 unspecified atom stereocenters. The fraction of sp³-hybridized carbons (Fsp3) is 0.550. The minimum absolute atomic E-state index is 0.0180. The second-order valence-corrected chi connectivity index (χ2v) is 8.77. The SMILES string of the molecule is CN(CC(=O)OC(C)(C)C)C(=O)C1CCN(C(=O)c2ccc(Br)cc2)CC1. The standard InChI is InChI=1S/C20H27BrN2O4/c1-20(2,3)27-17(24)13-22(4)18(25)15-9-11-23(12-10-15)19(26)14-5-7-16(21)8-6-14/h5-8,15H,9-13H2,1-4H3. The molecule has 1 heterocycles. The lowest BCUT2D eigenvalue weighted by atomic mass is 9.95. The topological polar surface area (TPSA) is 66.9 Å². The average Bonchev–Trinajstić information content (AvgIpc) is 2.59. The molecule has 0 aliphatic carbocycles. The molecule has 2 amide bonds. The van der Waals surface area contributed by atoms with Gasteiger partial charge >= 0.3 is 5.97 Å². The van der Waals surface area contributed by atoms with Gasteiger partial charge < -0.3 is 14.5 Å². The number of carbonyl (C=O) groups is 3. The first-order valence-electron chi connectivity index (χ1n) is 9.08. The Balaban J connectivity index is 1.85. The van der Waals surface area contributed by atoms with Crippen LogP contribution in [0.15, 0.2) is 28.7 Å². The summed E-state index contributed by atoms with van der Waals surface area (Å²) >= 11 is 3.36.